The summed E-state index contributed by atoms with van der Waals surface area (Å²) in [4.78, 5) is 32.2. The molecule has 0 radical (unpaired) electrons. The standard InChI is InChI=1S/C19H23FN4O3/c1-4-17-21-16(22-27-17)10-23(3)18(26)19(11-24(12-19)13(2)25)9-14-7-5-6-8-15(14)20/h5-8H,4,9-12H2,1-3H3. The number of aromatic nitrogens is 2. The molecule has 1 aromatic carbocycles. The third kappa shape index (κ3) is 3.84. The summed E-state index contributed by atoms with van der Waals surface area (Å²) in [7, 11) is 1.66. The first-order chi connectivity index (χ1) is 12.8. The number of benzene rings is 1. The summed E-state index contributed by atoms with van der Waals surface area (Å²) in [6, 6.07) is 6.41. The first-order valence-electron chi connectivity index (χ1n) is 8.90. The second-order valence-corrected chi connectivity index (χ2v) is 7.04. The molecule has 0 bridgehead atoms. The number of rotatable bonds is 6. The van der Waals surface area contributed by atoms with Gasteiger partial charge in [-0.3, -0.25) is 9.59 Å². The second kappa shape index (κ2) is 7.46. The van der Waals surface area contributed by atoms with Crippen LogP contribution in [0.2, 0.25) is 0 Å². The van der Waals surface area contributed by atoms with E-state index in [1.807, 2.05) is 6.92 Å². The van der Waals surface area contributed by atoms with E-state index in [9.17, 15) is 14.0 Å². The molecular weight excluding hydrogens is 351 g/mol. The average molecular weight is 374 g/mol. The van der Waals surface area contributed by atoms with Crippen LogP contribution in [0.1, 0.15) is 31.1 Å². The van der Waals surface area contributed by atoms with Crippen molar-refractivity contribution in [2.24, 2.45) is 5.41 Å². The number of hydrogen-bond acceptors (Lipinski definition) is 5. The number of nitrogens with zero attached hydrogens (tertiary/aromatic N) is 4. The van der Waals surface area contributed by atoms with Crippen LogP contribution in [0.25, 0.3) is 0 Å². The molecule has 1 aliphatic rings. The summed E-state index contributed by atoms with van der Waals surface area (Å²) in [6.07, 6.45) is 0.856. The van der Waals surface area contributed by atoms with Gasteiger partial charge < -0.3 is 14.3 Å². The van der Waals surface area contributed by atoms with Gasteiger partial charge >= 0.3 is 0 Å². The van der Waals surface area contributed by atoms with Crippen LogP contribution in [0.4, 0.5) is 4.39 Å². The molecule has 144 valence electrons. The fraction of sp³-hybridized carbons (Fsp3) is 0.474. The van der Waals surface area contributed by atoms with E-state index in [2.05, 4.69) is 10.1 Å². The molecule has 1 fully saturated rings. The van der Waals surface area contributed by atoms with E-state index in [0.29, 0.717) is 23.7 Å². The van der Waals surface area contributed by atoms with Crippen LogP contribution >= 0.6 is 0 Å². The number of carbonyl (C=O) groups excluding carboxylic acids is 2. The monoisotopic (exact) mass is 374 g/mol. The van der Waals surface area contributed by atoms with Crippen LogP contribution in [0.3, 0.4) is 0 Å². The van der Waals surface area contributed by atoms with Crippen molar-refractivity contribution in [3.05, 3.63) is 47.4 Å². The van der Waals surface area contributed by atoms with Gasteiger partial charge in [0.15, 0.2) is 5.82 Å². The molecular formula is C19H23FN4O3. The van der Waals surface area contributed by atoms with Crippen molar-refractivity contribution in [2.75, 3.05) is 20.1 Å². The predicted octanol–water partition coefficient (Wildman–Crippen LogP) is 1.82. The Kier molecular flexibility index (Phi) is 5.25. The van der Waals surface area contributed by atoms with Gasteiger partial charge in [0.2, 0.25) is 17.7 Å². The van der Waals surface area contributed by atoms with Crippen molar-refractivity contribution < 1.29 is 18.5 Å². The molecule has 2 amide bonds. The van der Waals surface area contributed by atoms with Crippen LogP contribution in [0.15, 0.2) is 28.8 Å². The lowest BCUT2D eigenvalue weighted by atomic mass is 9.73. The molecule has 0 atom stereocenters. The number of hydrogen-bond donors (Lipinski definition) is 0. The van der Waals surface area contributed by atoms with E-state index >= 15 is 0 Å². The topological polar surface area (TPSA) is 79.5 Å². The van der Waals surface area contributed by atoms with Gasteiger partial charge in [0.1, 0.15) is 5.82 Å². The van der Waals surface area contributed by atoms with Gasteiger partial charge in [-0.2, -0.15) is 4.98 Å². The number of amides is 2. The molecule has 0 unspecified atom stereocenters. The molecule has 2 aromatic rings. The van der Waals surface area contributed by atoms with Gasteiger partial charge in [-0.05, 0) is 18.1 Å². The van der Waals surface area contributed by atoms with E-state index in [0.717, 1.165) is 0 Å². The third-order valence-electron chi connectivity index (χ3n) is 4.91. The molecule has 1 aliphatic heterocycles. The molecule has 3 rings (SSSR count). The number of halogens is 1. The summed E-state index contributed by atoms with van der Waals surface area (Å²) >= 11 is 0. The smallest absolute Gasteiger partial charge is 0.232 e. The zero-order valence-corrected chi connectivity index (χ0v) is 15.7. The van der Waals surface area contributed by atoms with E-state index in [1.165, 1.54) is 17.9 Å². The highest BCUT2D eigenvalue weighted by molar-refractivity contribution is 5.87. The second-order valence-electron chi connectivity index (χ2n) is 7.04. The summed E-state index contributed by atoms with van der Waals surface area (Å²) < 4.78 is 19.2. The fourth-order valence-electron chi connectivity index (χ4n) is 3.42. The Hall–Kier alpha value is -2.77. The summed E-state index contributed by atoms with van der Waals surface area (Å²) in [5.41, 5.74) is -0.379. The molecule has 0 N–H and O–H groups in total. The quantitative estimate of drug-likeness (QED) is 0.771. The Morgan fingerprint density at radius 2 is 2.04 bits per heavy atom. The lowest BCUT2D eigenvalue weighted by Gasteiger charge is -2.50. The van der Waals surface area contributed by atoms with Crippen molar-refractivity contribution in [2.45, 2.75) is 33.2 Å². The molecule has 0 aliphatic carbocycles. The van der Waals surface area contributed by atoms with Gasteiger partial charge in [0.25, 0.3) is 0 Å². The Morgan fingerprint density at radius 1 is 1.33 bits per heavy atom. The van der Waals surface area contributed by atoms with Crippen molar-refractivity contribution in [1.82, 2.24) is 19.9 Å². The molecule has 27 heavy (non-hydrogen) atoms. The summed E-state index contributed by atoms with van der Waals surface area (Å²) in [5.74, 6) is 0.329. The highest BCUT2D eigenvalue weighted by Crippen LogP contribution is 2.37. The van der Waals surface area contributed by atoms with E-state index < -0.39 is 5.41 Å². The maximum absolute atomic E-state index is 14.2. The maximum Gasteiger partial charge on any atom is 0.232 e. The molecule has 0 saturated carbocycles. The molecule has 8 heteroatoms. The highest BCUT2D eigenvalue weighted by atomic mass is 19.1. The zero-order valence-electron chi connectivity index (χ0n) is 15.7. The minimum absolute atomic E-state index is 0.0969. The SMILES string of the molecule is CCc1nc(CN(C)C(=O)C2(Cc3ccccc3F)CN(C(C)=O)C2)no1. The molecule has 1 aromatic heterocycles. The first kappa shape index (κ1) is 19.0. The van der Waals surface area contributed by atoms with E-state index in [1.54, 1.807) is 30.1 Å². The molecule has 2 heterocycles. The van der Waals surface area contributed by atoms with E-state index in [4.69, 9.17) is 4.52 Å². The van der Waals surface area contributed by atoms with Crippen molar-refractivity contribution >= 4 is 11.8 Å². The Morgan fingerprint density at radius 3 is 2.63 bits per heavy atom. The highest BCUT2D eigenvalue weighted by Gasteiger charge is 2.51. The first-order valence-corrected chi connectivity index (χ1v) is 8.90. The molecule has 7 nitrogen and oxygen atoms in total. The zero-order chi connectivity index (χ0) is 19.6. The van der Waals surface area contributed by atoms with Crippen LogP contribution < -0.4 is 0 Å². The van der Waals surface area contributed by atoms with Crippen LogP contribution in [0, 0.1) is 11.2 Å². The minimum atomic E-state index is -0.847. The van der Waals surface area contributed by atoms with Gasteiger partial charge in [-0.25, -0.2) is 4.39 Å². The fourth-order valence-corrected chi connectivity index (χ4v) is 3.42. The minimum Gasteiger partial charge on any atom is -0.341 e. The van der Waals surface area contributed by atoms with Crippen LogP contribution in [-0.2, 0) is 29.0 Å². The largest absolute Gasteiger partial charge is 0.341 e. The lowest BCUT2D eigenvalue weighted by Crippen LogP contribution is -2.65. The number of likely N-dealkylation sites (tertiary alicyclic amines) is 1. The maximum atomic E-state index is 14.2. The van der Waals surface area contributed by atoms with Crippen LogP contribution in [0.5, 0.6) is 0 Å². The van der Waals surface area contributed by atoms with Crippen LogP contribution in [-0.4, -0.2) is 51.9 Å². The Balaban J connectivity index is 1.78. The van der Waals surface area contributed by atoms with Crippen molar-refractivity contribution in [1.29, 1.82) is 0 Å². The van der Waals surface area contributed by atoms with Gasteiger partial charge in [-0.1, -0.05) is 30.3 Å². The van der Waals surface area contributed by atoms with E-state index in [-0.39, 0.29) is 43.7 Å². The van der Waals surface area contributed by atoms with Gasteiger partial charge in [0.05, 0.1) is 12.0 Å². The number of carbonyl (C=O) groups is 2. The number of aryl methyl sites for hydroxylation is 1. The third-order valence-corrected chi connectivity index (χ3v) is 4.91. The summed E-state index contributed by atoms with van der Waals surface area (Å²) in [5, 5.41) is 3.87. The van der Waals surface area contributed by atoms with Gasteiger partial charge in [0, 0.05) is 33.5 Å². The Labute approximate surface area is 157 Å². The predicted molar refractivity (Wildman–Crippen MR) is 94.9 cm³/mol. The normalized spacial score (nSPS) is 15.3. The molecule has 0 spiro atoms. The van der Waals surface area contributed by atoms with Gasteiger partial charge in [-0.15, -0.1) is 0 Å². The summed E-state index contributed by atoms with van der Waals surface area (Å²) in [6.45, 7) is 4.10. The Bertz CT molecular complexity index is 845. The molecule has 1 saturated heterocycles. The van der Waals surface area contributed by atoms with Crippen molar-refractivity contribution in [3.63, 3.8) is 0 Å². The average Bonchev–Trinajstić information content (AvgIpc) is 3.06. The lowest BCUT2D eigenvalue weighted by molar-refractivity contribution is -0.159. The van der Waals surface area contributed by atoms with Crippen molar-refractivity contribution in [3.8, 4) is 0 Å².